The van der Waals surface area contributed by atoms with Crippen LogP contribution < -0.4 is 4.72 Å². The number of sulfonamides is 1. The van der Waals surface area contributed by atoms with Gasteiger partial charge in [0.1, 0.15) is 5.69 Å². The minimum absolute atomic E-state index is 0.0612. The van der Waals surface area contributed by atoms with Gasteiger partial charge in [-0.05, 0) is 26.0 Å². The number of rotatable bonds is 3. The lowest BCUT2D eigenvalue weighted by Crippen LogP contribution is -2.15. The average molecular weight is 292 g/mol. The highest BCUT2D eigenvalue weighted by Gasteiger charge is 2.25. The standard InChI is InChI=1S/C12H12N4O3S/c1-8-11(9(2)19-14-8)20(17,18)15-10-4-3-6-16-7-5-13-12(10)16/h3-7,15H,1-2H3. The Labute approximate surface area is 115 Å². The predicted octanol–water partition coefficient (Wildman–Crippen LogP) is 1.74. The molecule has 8 heteroatoms. The molecule has 0 bridgehead atoms. The summed E-state index contributed by atoms with van der Waals surface area (Å²) in [4.78, 5) is 4.19. The van der Waals surface area contributed by atoms with Crippen LogP contribution in [-0.4, -0.2) is 23.0 Å². The smallest absolute Gasteiger partial charge is 0.267 e. The highest BCUT2D eigenvalue weighted by atomic mass is 32.2. The number of hydrogen-bond acceptors (Lipinski definition) is 5. The summed E-state index contributed by atoms with van der Waals surface area (Å²) in [5, 5.41) is 3.66. The molecular formula is C12H12N4O3S. The maximum atomic E-state index is 12.4. The van der Waals surface area contributed by atoms with Crippen LogP contribution in [-0.2, 0) is 10.0 Å². The van der Waals surface area contributed by atoms with Crippen LogP contribution >= 0.6 is 0 Å². The lowest BCUT2D eigenvalue weighted by molar-refractivity contribution is 0.390. The van der Waals surface area contributed by atoms with Gasteiger partial charge in [-0.25, -0.2) is 13.4 Å². The van der Waals surface area contributed by atoms with Crippen LogP contribution in [0.1, 0.15) is 11.5 Å². The third-order valence-corrected chi connectivity index (χ3v) is 4.51. The summed E-state index contributed by atoms with van der Waals surface area (Å²) < 4.78 is 34.0. The van der Waals surface area contributed by atoms with E-state index in [1.165, 1.54) is 0 Å². The summed E-state index contributed by atoms with van der Waals surface area (Å²) in [5.74, 6) is 0.255. The van der Waals surface area contributed by atoms with Crippen molar-refractivity contribution in [2.75, 3.05) is 4.72 Å². The summed E-state index contributed by atoms with van der Waals surface area (Å²) >= 11 is 0. The zero-order valence-electron chi connectivity index (χ0n) is 10.9. The molecule has 0 aliphatic rings. The van der Waals surface area contributed by atoms with E-state index in [2.05, 4.69) is 14.9 Å². The van der Waals surface area contributed by atoms with Gasteiger partial charge < -0.3 is 8.92 Å². The Bertz CT molecular complexity index is 860. The number of nitrogens with one attached hydrogen (secondary N) is 1. The van der Waals surface area contributed by atoms with Crippen LogP contribution in [0.15, 0.2) is 40.1 Å². The molecule has 0 fully saturated rings. The number of aromatic nitrogens is 3. The number of hydrogen-bond donors (Lipinski definition) is 1. The minimum Gasteiger partial charge on any atom is -0.360 e. The molecule has 0 aliphatic carbocycles. The van der Waals surface area contributed by atoms with Gasteiger partial charge in [-0.2, -0.15) is 0 Å². The van der Waals surface area contributed by atoms with Crippen LogP contribution in [0, 0.1) is 13.8 Å². The molecule has 0 aliphatic heterocycles. The van der Waals surface area contributed by atoms with E-state index in [0.29, 0.717) is 17.0 Å². The van der Waals surface area contributed by atoms with Gasteiger partial charge in [-0.1, -0.05) is 5.16 Å². The SMILES string of the molecule is Cc1noc(C)c1S(=O)(=O)Nc1cccn2ccnc12. The van der Waals surface area contributed by atoms with Gasteiger partial charge >= 0.3 is 0 Å². The normalized spacial score (nSPS) is 11.9. The van der Waals surface area contributed by atoms with Crippen molar-refractivity contribution in [3.05, 3.63) is 42.2 Å². The summed E-state index contributed by atoms with van der Waals surface area (Å²) in [6.07, 6.45) is 5.13. The number of nitrogens with zero attached hydrogens (tertiary/aromatic N) is 3. The molecule has 0 unspecified atom stereocenters. The molecule has 0 atom stereocenters. The zero-order chi connectivity index (χ0) is 14.3. The fraction of sp³-hybridized carbons (Fsp3) is 0.167. The predicted molar refractivity (Wildman–Crippen MR) is 72.0 cm³/mol. The molecule has 20 heavy (non-hydrogen) atoms. The molecular weight excluding hydrogens is 280 g/mol. The highest BCUT2D eigenvalue weighted by Crippen LogP contribution is 2.24. The molecule has 3 aromatic heterocycles. The maximum Gasteiger partial charge on any atom is 0.267 e. The number of pyridine rings is 1. The molecule has 0 amide bonds. The zero-order valence-corrected chi connectivity index (χ0v) is 11.7. The molecule has 7 nitrogen and oxygen atoms in total. The van der Waals surface area contributed by atoms with Gasteiger partial charge in [0.2, 0.25) is 0 Å². The van der Waals surface area contributed by atoms with E-state index in [0.717, 1.165) is 0 Å². The van der Waals surface area contributed by atoms with Gasteiger partial charge in [0.25, 0.3) is 10.0 Å². The Morgan fingerprint density at radius 3 is 2.80 bits per heavy atom. The van der Waals surface area contributed by atoms with Crippen LogP contribution in [0.3, 0.4) is 0 Å². The van der Waals surface area contributed by atoms with Crippen LogP contribution in [0.2, 0.25) is 0 Å². The molecule has 3 rings (SSSR count). The summed E-state index contributed by atoms with van der Waals surface area (Å²) in [6, 6.07) is 3.39. The fourth-order valence-electron chi connectivity index (χ4n) is 2.08. The summed E-state index contributed by atoms with van der Waals surface area (Å²) in [6.45, 7) is 3.14. The van der Waals surface area contributed by atoms with Crippen molar-refractivity contribution >= 4 is 21.4 Å². The first kappa shape index (κ1) is 12.7. The third-order valence-electron chi connectivity index (χ3n) is 2.90. The van der Waals surface area contributed by atoms with E-state index in [1.807, 2.05) is 0 Å². The van der Waals surface area contributed by atoms with E-state index in [9.17, 15) is 8.42 Å². The summed E-state index contributed by atoms with van der Waals surface area (Å²) in [5.41, 5.74) is 1.26. The second kappa shape index (κ2) is 4.34. The van der Waals surface area contributed by atoms with Crippen LogP contribution in [0.25, 0.3) is 5.65 Å². The van der Waals surface area contributed by atoms with Gasteiger partial charge in [0.05, 0.1) is 5.69 Å². The second-order valence-electron chi connectivity index (χ2n) is 4.34. The molecule has 3 heterocycles. The van der Waals surface area contributed by atoms with E-state index in [-0.39, 0.29) is 10.7 Å². The van der Waals surface area contributed by atoms with Gasteiger partial charge in [-0.3, -0.25) is 4.72 Å². The van der Waals surface area contributed by atoms with Gasteiger partial charge in [-0.15, -0.1) is 0 Å². The topological polar surface area (TPSA) is 89.5 Å². The molecule has 0 spiro atoms. The largest absolute Gasteiger partial charge is 0.360 e. The third kappa shape index (κ3) is 1.94. The first-order valence-electron chi connectivity index (χ1n) is 5.86. The van der Waals surface area contributed by atoms with Gasteiger partial charge in [0, 0.05) is 18.6 Å². The van der Waals surface area contributed by atoms with Crippen molar-refractivity contribution in [3.63, 3.8) is 0 Å². The Kier molecular flexibility index (Phi) is 2.75. The first-order chi connectivity index (χ1) is 9.49. The van der Waals surface area contributed by atoms with Gasteiger partial charge in [0.15, 0.2) is 16.3 Å². The van der Waals surface area contributed by atoms with Crippen molar-refractivity contribution in [2.24, 2.45) is 0 Å². The van der Waals surface area contributed by atoms with E-state index in [4.69, 9.17) is 4.52 Å². The first-order valence-corrected chi connectivity index (χ1v) is 7.35. The lowest BCUT2D eigenvalue weighted by atomic mass is 10.4. The van der Waals surface area contributed by atoms with Crippen LogP contribution in [0.4, 0.5) is 5.69 Å². The molecule has 0 aromatic carbocycles. The molecule has 104 valence electrons. The highest BCUT2D eigenvalue weighted by molar-refractivity contribution is 7.92. The molecule has 0 radical (unpaired) electrons. The van der Waals surface area contributed by atoms with Crippen molar-refractivity contribution in [1.29, 1.82) is 0 Å². The van der Waals surface area contributed by atoms with E-state index < -0.39 is 10.0 Å². The quantitative estimate of drug-likeness (QED) is 0.794. The lowest BCUT2D eigenvalue weighted by Gasteiger charge is -2.08. The number of aryl methyl sites for hydroxylation is 2. The molecule has 3 aromatic rings. The molecule has 0 saturated carbocycles. The maximum absolute atomic E-state index is 12.4. The van der Waals surface area contributed by atoms with Crippen molar-refractivity contribution in [2.45, 2.75) is 18.7 Å². The minimum atomic E-state index is -3.76. The van der Waals surface area contributed by atoms with Crippen LogP contribution in [0.5, 0.6) is 0 Å². The van der Waals surface area contributed by atoms with Crippen molar-refractivity contribution in [3.8, 4) is 0 Å². The molecule has 0 saturated heterocycles. The number of fused-ring (bicyclic) bond motifs is 1. The average Bonchev–Trinajstić information content (AvgIpc) is 2.96. The second-order valence-corrected chi connectivity index (χ2v) is 5.96. The number of imidazole rings is 1. The molecule has 1 N–H and O–H groups in total. The Morgan fingerprint density at radius 2 is 2.10 bits per heavy atom. The number of anilines is 1. The van der Waals surface area contributed by atoms with E-state index >= 15 is 0 Å². The Hall–Kier alpha value is -2.35. The fourth-order valence-corrected chi connectivity index (χ4v) is 3.47. The van der Waals surface area contributed by atoms with Crippen molar-refractivity contribution < 1.29 is 12.9 Å². The Morgan fingerprint density at radius 1 is 1.30 bits per heavy atom. The van der Waals surface area contributed by atoms with Crippen molar-refractivity contribution in [1.82, 2.24) is 14.5 Å². The Balaban J connectivity index is 2.09. The summed E-state index contributed by atoms with van der Waals surface area (Å²) in [7, 11) is -3.76. The monoisotopic (exact) mass is 292 g/mol. The van der Waals surface area contributed by atoms with E-state index in [1.54, 1.807) is 49.0 Å².